The Morgan fingerprint density at radius 1 is 1.00 bits per heavy atom. The van der Waals surface area contributed by atoms with Crippen molar-refractivity contribution in [3.8, 4) is 0 Å². The van der Waals surface area contributed by atoms with Crippen molar-refractivity contribution in [1.29, 1.82) is 0 Å². The van der Waals surface area contributed by atoms with Crippen LogP contribution in [0.2, 0.25) is 0 Å². The van der Waals surface area contributed by atoms with Gasteiger partial charge in [-0.15, -0.1) is 0 Å². The number of aromatic amines is 1. The van der Waals surface area contributed by atoms with Gasteiger partial charge in [0.05, 0.1) is 0 Å². The molecule has 4 rings (SSSR count). The molecule has 1 aromatic heterocycles. The summed E-state index contributed by atoms with van der Waals surface area (Å²) in [7, 11) is 0. The minimum atomic E-state index is -0.0205. The molecule has 4 aromatic rings. The van der Waals surface area contributed by atoms with Crippen molar-refractivity contribution in [3.63, 3.8) is 0 Å². The van der Waals surface area contributed by atoms with E-state index in [4.69, 9.17) is 0 Å². The Morgan fingerprint density at radius 3 is 2.76 bits per heavy atom. The van der Waals surface area contributed by atoms with Crippen LogP contribution in [-0.2, 0) is 6.42 Å². The molecular formula is C22H20N2O. The molecule has 0 fully saturated rings. The van der Waals surface area contributed by atoms with E-state index in [2.05, 4.69) is 35.4 Å². The van der Waals surface area contributed by atoms with Gasteiger partial charge in [0.15, 0.2) is 0 Å². The standard InChI is InChI=1S/C22H20N2O/c1-15-9-10-21-20(13-15)17(14-24-21)11-12-23-22(25)19-8-4-6-16-5-2-3-7-18(16)19/h2-10,13-14,24H,11-12H2,1H3,(H,23,25). The van der Waals surface area contributed by atoms with Crippen LogP contribution in [0.15, 0.2) is 66.9 Å². The Kier molecular flexibility index (Phi) is 3.98. The van der Waals surface area contributed by atoms with E-state index in [9.17, 15) is 4.79 Å². The molecule has 1 amide bonds. The fourth-order valence-corrected chi connectivity index (χ4v) is 3.33. The molecular weight excluding hydrogens is 308 g/mol. The molecule has 1 heterocycles. The maximum Gasteiger partial charge on any atom is 0.251 e. The molecule has 124 valence electrons. The van der Waals surface area contributed by atoms with Gasteiger partial charge in [0.1, 0.15) is 0 Å². The van der Waals surface area contributed by atoms with E-state index < -0.39 is 0 Å². The maximum absolute atomic E-state index is 12.6. The quantitative estimate of drug-likeness (QED) is 0.565. The molecule has 3 heteroatoms. The molecule has 0 aliphatic carbocycles. The van der Waals surface area contributed by atoms with Crippen molar-refractivity contribution < 1.29 is 4.79 Å². The van der Waals surface area contributed by atoms with Crippen LogP contribution in [0.3, 0.4) is 0 Å². The van der Waals surface area contributed by atoms with Crippen molar-refractivity contribution in [2.24, 2.45) is 0 Å². The van der Waals surface area contributed by atoms with E-state index in [0.29, 0.717) is 6.54 Å². The number of carbonyl (C=O) groups excluding carboxylic acids is 1. The fraction of sp³-hybridized carbons (Fsp3) is 0.136. The molecule has 0 aliphatic rings. The van der Waals surface area contributed by atoms with Crippen LogP contribution in [-0.4, -0.2) is 17.4 Å². The molecule has 0 radical (unpaired) electrons. The highest BCUT2D eigenvalue weighted by atomic mass is 16.1. The summed E-state index contributed by atoms with van der Waals surface area (Å²) in [6.45, 7) is 2.71. The van der Waals surface area contributed by atoms with Crippen LogP contribution >= 0.6 is 0 Å². The lowest BCUT2D eigenvalue weighted by Crippen LogP contribution is -2.25. The number of aromatic nitrogens is 1. The predicted octanol–water partition coefficient (Wildman–Crippen LogP) is 4.60. The van der Waals surface area contributed by atoms with Gasteiger partial charge in [0, 0.05) is 29.2 Å². The second-order valence-electron chi connectivity index (χ2n) is 6.40. The van der Waals surface area contributed by atoms with E-state index in [0.717, 1.165) is 28.3 Å². The van der Waals surface area contributed by atoms with Gasteiger partial charge in [-0.2, -0.15) is 0 Å². The lowest BCUT2D eigenvalue weighted by atomic mass is 10.0. The zero-order chi connectivity index (χ0) is 17.2. The normalized spacial score (nSPS) is 11.1. The lowest BCUT2D eigenvalue weighted by Gasteiger charge is -2.08. The van der Waals surface area contributed by atoms with Gasteiger partial charge >= 0.3 is 0 Å². The first-order chi connectivity index (χ1) is 12.2. The summed E-state index contributed by atoms with van der Waals surface area (Å²) in [6.07, 6.45) is 2.84. The number of hydrogen-bond acceptors (Lipinski definition) is 1. The van der Waals surface area contributed by atoms with Crippen LogP contribution in [0.25, 0.3) is 21.7 Å². The monoisotopic (exact) mass is 328 g/mol. The smallest absolute Gasteiger partial charge is 0.251 e. The second kappa shape index (κ2) is 6.44. The molecule has 25 heavy (non-hydrogen) atoms. The number of aryl methyl sites for hydroxylation is 1. The van der Waals surface area contributed by atoms with Gasteiger partial charge in [-0.1, -0.05) is 48.0 Å². The predicted molar refractivity (Wildman–Crippen MR) is 103 cm³/mol. The molecule has 0 atom stereocenters. The van der Waals surface area contributed by atoms with Crippen LogP contribution in [0.5, 0.6) is 0 Å². The fourth-order valence-electron chi connectivity index (χ4n) is 3.33. The van der Waals surface area contributed by atoms with Crippen LogP contribution in [0.1, 0.15) is 21.5 Å². The minimum Gasteiger partial charge on any atom is -0.361 e. The van der Waals surface area contributed by atoms with Crippen molar-refractivity contribution in [2.45, 2.75) is 13.3 Å². The number of hydrogen-bond donors (Lipinski definition) is 2. The molecule has 3 aromatic carbocycles. The molecule has 0 unspecified atom stereocenters. The first-order valence-corrected chi connectivity index (χ1v) is 8.55. The van der Waals surface area contributed by atoms with Gasteiger partial charge in [-0.3, -0.25) is 4.79 Å². The molecule has 2 N–H and O–H groups in total. The topological polar surface area (TPSA) is 44.9 Å². The highest BCUT2D eigenvalue weighted by molar-refractivity contribution is 6.07. The van der Waals surface area contributed by atoms with Gasteiger partial charge in [0.2, 0.25) is 0 Å². The molecule has 0 saturated heterocycles. The third kappa shape index (κ3) is 3.01. The summed E-state index contributed by atoms with van der Waals surface area (Å²) < 4.78 is 0. The van der Waals surface area contributed by atoms with E-state index in [1.54, 1.807) is 0 Å². The Balaban J connectivity index is 1.49. The zero-order valence-corrected chi connectivity index (χ0v) is 14.2. The van der Waals surface area contributed by atoms with Crippen molar-refractivity contribution in [1.82, 2.24) is 10.3 Å². The largest absolute Gasteiger partial charge is 0.361 e. The first-order valence-electron chi connectivity index (χ1n) is 8.55. The van der Waals surface area contributed by atoms with Crippen molar-refractivity contribution in [3.05, 3.63) is 83.6 Å². The third-order valence-electron chi connectivity index (χ3n) is 4.64. The molecule has 0 bridgehead atoms. The Morgan fingerprint density at radius 2 is 1.84 bits per heavy atom. The van der Waals surface area contributed by atoms with Gasteiger partial charge < -0.3 is 10.3 Å². The minimum absolute atomic E-state index is 0.0205. The number of carbonyl (C=O) groups is 1. The number of fused-ring (bicyclic) bond motifs is 2. The molecule has 3 nitrogen and oxygen atoms in total. The lowest BCUT2D eigenvalue weighted by molar-refractivity contribution is 0.0956. The summed E-state index contributed by atoms with van der Waals surface area (Å²) in [6, 6.07) is 20.2. The highest BCUT2D eigenvalue weighted by Gasteiger charge is 2.10. The highest BCUT2D eigenvalue weighted by Crippen LogP contribution is 2.20. The number of amides is 1. The summed E-state index contributed by atoms with van der Waals surface area (Å²) >= 11 is 0. The molecule has 0 aliphatic heterocycles. The van der Waals surface area contributed by atoms with Gasteiger partial charge in [-0.25, -0.2) is 0 Å². The zero-order valence-electron chi connectivity index (χ0n) is 14.2. The van der Waals surface area contributed by atoms with E-state index in [1.165, 1.54) is 16.5 Å². The summed E-state index contributed by atoms with van der Waals surface area (Å²) in [5.41, 5.74) is 4.35. The second-order valence-corrected chi connectivity index (χ2v) is 6.40. The summed E-state index contributed by atoms with van der Waals surface area (Å²) in [4.78, 5) is 15.9. The van der Waals surface area contributed by atoms with Crippen LogP contribution < -0.4 is 5.32 Å². The Labute approximate surface area is 146 Å². The van der Waals surface area contributed by atoms with E-state index in [-0.39, 0.29) is 5.91 Å². The number of nitrogens with one attached hydrogen (secondary N) is 2. The third-order valence-corrected chi connectivity index (χ3v) is 4.64. The SMILES string of the molecule is Cc1ccc2[nH]cc(CCNC(=O)c3cccc4ccccc34)c2c1. The maximum atomic E-state index is 12.6. The summed E-state index contributed by atoms with van der Waals surface area (Å²) in [5, 5.41) is 6.37. The summed E-state index contributed by atoms with van der Waals surface area (Å²) in [5.74, 6) is -0.0205. The number of benzene rings is 3. The van der Waals surface area contributed by atoms with Gasteiger partial charge in [0.25, 0.3) is 5.91 Å². The number of rotatable bonds is 4. The first kappa shape index (κ1) is 15.5. The molecule has 0 saturated carbocycles. The Bertz CT molecular complexity index is 1060. The molecule has 0 spiro atoms. The average molecular weight is 328 g/mol. The van der Waals surface area contributed by atoms with Crippen LogP contribution in [0, 0.1) is 6.92 Å². The van der Waals surface area contributed by atoms with Crippen molar-refractivity contribution >= 4 is 27.6 Å². The van der Waals surface area contributed by atoms with Gasteiger partial charge in [-0.05, 0) is 47.9 Å². The van der Waals surface area contributed by atoms with Crippen molar-refractivity contribution in [2.75, 3.05) is 6.54 Å². The van der Waals surface area contributed by atoms with Crippen LogP contribution in [0.4, 0.5) is 0 Å². The average Bonchev–Trinajstić information content (AvgIpc) is 3.03. The number of H-pyrrole nitrogens is 1. The Hall–Kier alpha value is -3.07. The van der Waals surface area contributed by atoms with E-state index >= 15 is 0 Å². The van der Waals surface area contributed by atoms with E-state index in [1.807, 2.05) is 48.7 Å².